The van der Waals surface area contributed by atoms with Crippen LogP contribution in [0.2, 0.25) is 0 Å². The predicted molar refractivity (Wildman–Crippen MR) is 114 cm³/mol. The van der Waals surface area contributed by atoms with Crippen LogP contribution in [0.1, 0.15) is 25.0 Å². The molecule has 13 heteroatoms. The normalized spacial score (nSPS) is 13.9. The number of sulfonamides is 1. The highest BCUT2D eigenvalue weighted by Gasteiger charge is 2.25. The lowest BCUT2D eigenvalue weighted by Gasteiger charge is -2.21. The first kappa shape index (κ1) is 24.1. The quantitative estimate of drug-likeness (QED) is 0.326. The van der Waals surface area contributed by atoms with Gasteiger partial charge in [0, 0.05) is 35.9 Å². The molecule has 0 aromatic heterocycles. The van der Waals surface area contributed by atoms with Crippen molar-refractivity contribution in [3.05, 3.63) is 57.6 Å². The molecule has 2 aromatic rings. The Balaban J connectivity index is 1.67. The van der Waals surface area contributed by atoms with Crippen LogP contribution >= 0.6 is 0 Å². The molecule has 0 fully saturated rings. The van der Waals surface area contributed by atoms with E-state index in [4.69, 9.17) is 14.2 Å². The topological polar surface area (TPSA) is 163 Å². The number of anilines is 1. The summed E-state index contributed by atoms with van der Waals surface area (Å²) in [7, 11) is -4.06. The summed E-state index contributed by atoms with van der Waals surface area (Å²) in [5.41, 5.74) is 0.907. The number of nitro groups is 1. The number of nitrogens with zero attached hydrogens (tertiary/aromatic N) is 1. The fourth-order valence-corrected chi connectivity index (χ4v) is 4.23. The van der Waals surface area contributed by atoms with Gasteiger partial charge in [-0.05, 0) is 31.2 Å². The number of nitrogens with one attached hydrogen (secondary N) is 2. The third-order valence-electron chi connectivity index (χ3n) is 4.52. The molecule has 0 unspecified atom stereocenters. The SMILES string of the molecule is CC(=O)Nc1ccc(S(=O)(=O)N[C@H](C)C(=O)OCc2cc([N+](=O)[O-])cc3c2OCOC3)cc1. The van der Waals surface area contributed by atoms with Crippen LogP contribution in [0.15, 0.2) is 41.3 Å². The third kappa shape index (κ3) is 6.03. The van der Waals surface area contributed by atoms with E-state index in [-0.39, 0.29) is 42.1 Å². The largest absolute Gasteiger partial charge is 0.467 e. The number of hydrogen-bond donors (Lipinski definition) is 2. The molecule has 0 radical (unpaired) electrons. The average molecular weight is 479 g/mol. The highest BCUT2D eigenvalue weighted by Crippen LogP contribution is 2.33. The Morgan fingerprint density at radius 2 is 1.94 bits per heavy atom. The Morgan fingerprint density at radius 3 is 2.58 bits per heavy atom. The first-order valence-electron chi connectivity index (χ1n) is 9.64. The number of esters is 1. The minimum Gasteiger partial charge on any atom is -0.467 e. The van der Waals surface area contributed by atoms with Crippen LogP contribution in [-0.2, 0) is 42.3 Å². The van der Waals surface area contributed by atoms with E-state index in [0.717, 1.165) is 0 Å². The molecule has 0 saturated carbocycles. The Kier molecular flexibility index (Phi) is 7.26. The fourth-order valence-electron chi connectivity index (χ4n) is 3.04. The van der Waals surface area contributed by atoms with Gasteiger partial charge in [-0.15, -0.1) is 0 Å². The second kappa shape index (κ2) is 9.94. The van der Waals surface area contributed by atoms with E-state index < -0.39 is 27.0 Å². The highest BCUT2D eigenvalue weighted by atomic mass is 32.2. The third-order valence-corrected chi connectivity index (χ3v) is 6.08. The molecule has 1 aliphatic rings. The van der Waals surface area contributed by atoms with Crippen LogP contribution in [0.4, 0.5) is 11.4 Å². The maximum atomic E-state index is 12.6. The number of non-ortho nitro benzene ring substituents is 1. The minimum absolute atomic E-state index is 0.0529. The molecule has 2 aromatic carbocycles. The van der Waals surface area contributed by atoms with Crippen LogP contribution in [0.5, 0.6) is 5.75 Å². The number of nitro benzene ring substituents is 1. The smallest absolute Gasteiger partial charge is 0.324 e. The van der Waals surface area contributed by atoms with Crippen molar-refractivity contribution in [2.75, 3.05) is 12.1 Å². The number of carbonyl (C=O) groups is 2. The Labute approximate surface area is 189 Å². The molecule has 33 heavy (non-hydrogen) atoms. The predicted octanol–water partition coefficient (Wildman–Crippen LogP) is 1.83. The molecule has 0 aliphatic carbocycles. The number of benzene rings is 2. The van der Waals surface area contributed by atoms with E-state index in [1.54, 1.807) is 0 Å². The van der Waals surface area contributed by atoms with Crippen LogP contribution in [0, 0.1) is 10.1 Å². The van der Waals surface area contributed by atoms with Crippen molar-refractivity contribution in [2.45, 2.75) is 38.0 Å². The van der Waals surface area contributed by atoms with Crippen LogP contribution in [0.3, 0.4) is 0 Å². The van der Waals surface area contributed by atoms with Crippen LogP contribution in [-0.4, -0.2) is 38.1 Å². The molecule has 0 spiro atoms. The number of rotatable bonds is 8. The lowest BCUT2D eigenvalue weighted by atomic mass is 10.1. The molecular formula is C20H21N3O9S. The molecule has 1 amide bonds. The van der Waals surface area contributed by atoms with Crippen molar-refractivity contribution in [1.29, 1.82) is 0 Å². The molecule has 2 N–H and O–H groups in total. The second-order valence-electron chi connectivity index (χ2n) is 7.12. The van der Waals surface area contributed by atoms with E-state index in [0.29, 0.717) is 17.0 Å². The summed E-state index contributed by atoms with van der Waals surface area (Å²) in [6.45, 7) is 2.32. The van der Waals surface area contributed by atoms with Crippen molar-refractivity contribution in [3.63, 3.8) is 0 Å². The lowest BCUT2D eigenvalue weighted by Crippen LogP contribution is -2.39. The highest BCUT2D eigenvalue weighted by molar-refractivity contribution is 7.89. The van der Waals surface area contributed by atoms with Crippen molar-refractivity contribution in [3.8, 4) is 5.75 Å². The molecule has 12 nitrogen and oxygen atoms in total. The summed E-state index contributed by atoms with van der Waals surface area (Å²) in [6, 6.07) is 6.67. The summed E-state index contributed by atoms with van der Waals surface area (Å²) >= 11 is 0. The van der Waals surface area contributed by atoms with E-state index in [1.165, 1.54) is 50.2 Å². The monoisotopic (exact) mass is 479 g/mol. The van der Waals surface area contributed by atoms with Gasteiger partial charge in [0.2, 0.25) is 15.9 Å². The van der Waals surface area contributed by atoms with Gasteiger partial charge in [-0.3, -0.25) is 19.7 Å². The molecule has 3 rings (SSSR count). The van der Waals surface area contributed by atoms with E-state index in [1.807, 2.05) is 0 Å². The zero-order valence-corrected chi connectivity index (χ0v) is 18.5. The van der Waals surface area contributed by atoms with Crippen LogP contribution < -0.4 is 14.8 Å². The van der Waals surface area contributed by atoms with Crippen molar-refractivity contribution in [2.24, 2.45) is 0 Å². The first-order valence-corrected chi connectivity index (χ1v) is 11.1. The van der Waals surface area contributed by atoms with Crippen molar-refractivity contribution >= 4 is 33.3 Å². The molecule has 1 atom stereocenters. The Morgan fingerprint density at radius 1 is 1.24 bits per heavy atom. The van der Waals surface area contributed by atoms with E-state index >= 15 is 0 Å². The standard InChI is InChI=1S/C20H21N3O9S/c1-12(22-33(28,29)18-5-3-16(4-6-18)21-13(2)24)20(25)31-10-15-8-17(23(26)27)7-14-9-30-11-32-19(14)15/h3-8,12,22H,9-11H2,1-2H3,(H,21,24)/t12-/m1/s1. The maximum absolute atomic E-state index is 12.6. The Bertz CT molecular complexity index is 1180. The summed E-state index contributed by atoms with van der Waals surface area (Å²) in [6.07, 6.45) is 0. The van der Waals surface area contributed by atoms with Crippen LogP contribution in [0.25, 0.3) is 0 Å². The fraction of sp³-hybridized carbons (Fsp3) is 0.300. The lowest BCUT2D eigenvalue weighted by molar-refractivity contribution is -0.385. The van der Waals surface area contributed by atoms with Gasteiger partial charge in [-0.1, -0.05) is 0 Å². The van der Waals surface area contributed by atoms with E-state index in [2.05, 4.69) is 10.0 Å². The summed E-state index contributed by atoms with van der Waals surface area (Å²) < 4.78 is 43.0. The number of carbonyl (C=O) groups excluding carboxylic acids is 2. The van der Waals surface area contributed by atoms with Crippen molar-refractivity contribution < 1.29 is 37.1 Å². The molecule has 176 valence electrons. The second-order valence-corrected chi connectivity index (χ2v) is 8.83. The van der Waals surface area contributed by atoms with Gasteiger partial charge in [0.05, 0.1) is 16.4 Å². The number of amides is 1. The number of ether oxygens (including phenoxy) is 3. The number of hydrogen-bond acceptors (Lipinski definition) is 9. The zero-order chi connectivity index (χ0) is 24.2. The van der Waals surface area contributed by atoms with Gasteiger partial charge >= 0.3 is 5.97 Å². The zero-order valence-electron chi connectivity index (χ0n) is 17.7. The van der Waals surface area contributed by atoms with Gasteiger partial charge in [0.1, 0.15) is 18.4 Å². The van der Waals surface area contributed by atoms with Gasteiger partial charge in [0.25, 0.3) is 5.69 Å². The summed E-state index contributed by atoms with van der Waals surface area (Å²) in [4.78, 5) is 33.9. The van der Waals surface area contributed by atoms with Gasteiger partial charge < -0.3 is 19.5 Å². The maximum Gasteiger partial charge on any atom is 0.324 e. The molecule has 0 bridgehead atoms. The molecular weight excluding hydrogens is 458 g/mol. The molecule has 1 heterocycles. The minimum atomic E-state index is -4.06. The molecule has 1 aliphatic heterocycles. The van der Waals surface area contributed by atoms with Crippen molar-refractivity contribution in [1.82, 2.24) is 4.72 Å². The molecule has 0 saturated heterocycles. The van der Waals surface area contributed by atoms with Gasteiger partial charge in [-0.2, -0.15) is 4.72 Å². The number of fused-ring (bicyclic) bond motifs is 1. The van der Waals surface area contributed by atoms with Gasteiger partial charge in [0.15, 0.2) is 6.79 Å². The summed E-state index contributed by atoms with van der Waals surface area (Å²) in [5, 5.41) is 13.7. The Hall–Kier alpha value is -3.55. The first-order chi connectivity index (χ1) is 15.6. The van der Waals surface area contributed by atoms with E-state index in [9.17, 15) is 28.1 Å². The van der Waals surface area contributed by atoms with Gasteiger partial charge in [-0.25, -0.2) is 8.42 Å². The summed E-state index contributed by atoms with van der Waals surface area (Å²) in [5.74, 6) is -0.865. The average Bonchev–Trinajstić information content (AvgIpc) is 2.76.